The van der Waals surface area contributed by atoms with Crippen molar-refractivity contribution >= 4 is 5.69 Å². The molecule has 2 N–H and O–H groups in total. The van der Waals surface area contributed by atoms with E-state index in [0.29, 0.717) is 11.9 Å². The van der Waals surface area contributed by atoms with E-state index in [1.807, 2.05) is 12.1 Å². The number of ether oxygens (including phenoxy) is 1. The van der Waals surface area contributed by atoms with Gasteiger partial charge >= 0.3 is 0 Å². The van der Waals surface area contributed by atoms with Gasteiger partial charge in [0.15, 0.2) is 0 Å². The van der Waals surface area contributed by atoms with Crippen LogP contribution in [0.15, 0.2) is 18.3 Å². The molecule has 0 aliphatic carbocycles. The molecule has 1 aliphatic heterocycles. The van der Waals surface area contributed by atoms with E-state index < -0.39 is 0 Å². The molecule has 1 atom stereocenters. The Kier molecular flexibility index (Phi) is 3.40. The van der Waals surface area contributed by atoms with Gasteiger partial charge in [-0.05, 0) is 31.5 Å². The largest absolute Gasteiger partial charge is 0.480 e. The highest BCUT2D eigenvalue weighted by molar-refractivity contribution is 5.52. The molecule has 4 nitrogen and oxygen atoms in total. The predicted molar refractivity (Wildman–Crippen MR) is 60.3 cm³/mol. The minimum Gasteiger partial charge on any atom is -0.480 e. The van der Waals surface area contributed by atoms with Crippen molar-refractivity contribution in [1.82, 2.24) is 10.3 Å². The zero-order valence-corrected chi connectivity index (χ0v) is 8.99. The quantitative estimate of drug-likeness (QED) is 0.780. The average molecular weight is 207 g/mol. The number of aromatic nitrogens is 1. The van der Waals surface area contributed by atoms with Crippen LogP contribution in [-0.2, 0) is 0 Å². The molecule has 1 fully saturated rings. The Labute approximate surface area is 90.0 Å². The number of rotatable bonds is 4. The third kappa shape index (κ3) is 2.59. The van der Waals surface area contributed by atoms with Crippen molar-refractivity contribution in [2.75, 3.05) is 25.5 Å². The second-order valence-electron chi connectivity index (χ2n) is 3.73. The highest BCUT2D eigenvalue weighted by Gasteiger charge is 2.14. The highest BCUT2D eigenvalue weighted by atomic mass is 16.5. The van der Waals surface area contributed by atoms with Crippen molar-refractivity contribution in [3.05, 3.63) is 18.3 Å². The lowest BCUT2D eigenvalue weighted by atomic mass is 10.2. The Hall–Kier alpha value is -1.29. The molecule has 1 aromatic heterocycles. The molecule has 2 rings (SSSR count). The first-order valence-electron chi connectivity index (χ1n) is 5.36. The molecule has 2 heterocycles. The van der Waals surface area contributed by atoms with E-state index >= 15 is 0 Å². The third-order valence-corrected chi connectivity index (χ3v) is 2.67. The molecule has 1 aromatic rings. The molecule has 0 amide bonds. The average Bonchev–Trinajstić information content (AvgIpc) is 2.79. The SMILES string of the molecule is COc1ncccc1NCC1CCCN1. The fourth-order valence-electron chi connectivity index (χ4n) is 1.85. The highest BCUT2D eigenvalue weighted by Crippen LogP contribution is 2.20. The predicted octanol–water partition coefficient (Wildman–Crippen LogP) is 1.25. The molecular formula is C11H17N3O. The summed E-state index contributed by atoms with van der Waals surface area (Å²) >= 11 is 0. The number of methoxy groups -OCH3 is 1. The standard InChI is InChI=1S/C11H17N3O/c1-15-11-10(5-3-7-13-11)14-8-9-4-2-6-12-9/h3,5,7,9,12,14H,2,4,6,8H2,1H3. The molecule has 1 unspecified atom stereocenters. The van der Waals surface area contributed by atoms with Crippen LogP contribution in [0.5, 0.6) is 5.88 Å². The maximum Gasteiger partial charge on any atom is 0.237 e. The monoisotopic (exact) mass is 207 g/mol. The van der Waals surface area contributed by atoms with Crippen molar-refractivity contribution in [1.29, 1.82) is 0 Å². The van der Waals surface area contributed by atoms with Crippen LogP contribution in [0.4, 0.5) is 5.69 Å². The number of nitrogens with one attached hydrogen (secondary N) is 2. The van der Waals surface area contributed by atoms with E-state index in [2.05, 4.69) is 15.6 Å². The van der Waals surface area contributed by atoms with Crippen molar-refractivity contribution in [3.8, 4) is 5.88 Å². The van der Waals surface area contributed by atoms with Crippen molar-refractivity contribution in [2.24, 2.45) is 0 Å². The third-order valence-electron chi connectivity index (χ3n) is 2.67. The number of pyridine rings is 1. The summed E-state index contributed by atoms with van der Waals surface area (Å²) in [6, 6.07) is 4.48. The van der Waals surface area contributed by atoms with Crippen LogP contribution in [0.3, 0.4) is 0 Å². The van der Waals surface area contributed by atoms with E-state index in [1.54, 1.807) is 13.3 Å². The molecule has 0 saturated carbocycles. The van der Waals surface area contributed by atoms with Gasteiger partial charge in [0, 0.05) is 18.8 Å². The van der Waals surface area contributed by atoms with E-state index in [4.69, 9.17) is 4.74 Å². The van der Waals surface area contributed by atoms with Crippen LogP contribution in [0.25, 0.3) is 0 Å². The summed E-state index contributed by atoms with van der Waals surface area (Å²) in [7, 11) is 1.64. The number of anilines is 1. The van der Waals surface area contributed by atoms with Crippen LogP contribution in [0, 0.1) is 0 Å². The molecule has 82 valence electrons. The summed E-state index contributed by atoms with van der Waals surface area (Å²) in [5.74, 6) is 0.662. The molecule has 0 bridgehead atoms. The van der Waals surface area contributed by atoms with Gasteiger partial charge in [-0.15, -0.1) is 0 Å². The second-order valence-corrected chi connectivity index (χ2v) is 3.73. The maximum absolute atomic E-state index is 5.17. The van der Waals surface area contributed by atoms with E-state index in [0.717, 1.165) is 18.8 Å². The Morgan fingerprint density at radius 2 is 2.60 bits per heavy atom. The normalized spacial score (nSPS) is 20.2. The number of nitrogens with zero attached hydrogens (tertiary/aromatic N) is 1. The lowest BCUT2D eigenvalue weighted by Crippen LogP contribution is -2.29. The van der Waals surface area contributed by atoms with Gasteiger partial charge in [0.05, 0.1) is 12.8 Å². The Morgan fingerprint density at radius 1 is 1.67 bits per heavy atom. The molecule has 4 heteroatoms. The lowest BCUT2D eigenvalue weighted by molar-refractivity contribution is 0.399. The topological polar surface area (TPSA) is 46.2 Å². The molecule has 1 saturated heterocycles. The zero-order valence-electron chi connectivity index (χ0n) is 8.99. The molecule has 1 aliphatic rings. The molecule has 0 spiro atoms. The van der Waals surface area contributed by atoms with Crippen LogP contribution in [0.1, 0.15) is 12.8 Å². The van der Waals surface area contributed by atoms with Gasteiger partial charge in [-0.1, -0.05) is 0 Å². The van der Waals surface area contributed by atoms with Gasteiger partial charge < -0.3 is 15.4 Å². The first-order chi connectivity index (χ1) is 7.40. The molecule has 0 aromatic carbocycles. The van der Waals surface area contributed by atoms with Crippen LogP contribution in [-0.4, -0.2) is 31.2 Å². The first-order valence-corrected chi connectivity index (χ1v) is 5.36. The zero-order chi connectivity index (χ0) is 10.5. The first kappa shape index (κ1) is 10.2. The summed E-state index contributed by atoms with van der Waals surface area (Å²) in [6.45, 7) is 2.07. The van der Waals surface area contributed by atoms with E-state index in [1.165, 1.54) is 12.8 Å². The second kappa shape index (κ2) is 4.98. The van der Waals surface area contributed by atoms with Gasteiger partial charge in [-0.3, -0.25) is 0 Å². The number of hydrogen-bond donors (Lipinski definition) is 2. The van der Waals surface area contributed by atoms with Gasteiger partial charge in [0.1, 0.15) is 0 Å². The maximum atomic E-state index is 5.17. The van der Waals surface area contributed by atoms with Crippen LogP contribution < -0.4 is 15.4 Å². The van der Waals surface area contributed by atoms with Crippen molar-refractivity contribution < 1.29 is 4.74 Å². The van der Waals surface area contributed by atoms with Gasteiger partial charge in [0.2, 0.25) is 5.88 Å². The lowest BCUT2D eigenvalue weighted by Gasteiger charge is -2.13. The minimum atomic E-state index is 0.579. The fraction of sp³-hybridized carbons (Fsp3) is 0.545. The van der Waals surface area contributed by atoms with Crippen molar-refractivity contribution in [3.63, 3.8) is 0 Å². The van der Waals surface area contributed by atoms with Crippen LogP contribution >= 0.6 is 0 Å². The number of hydrogen-bond acceptors (Lipinski definition) is 4. The van der Waals surface area contributed by atoms with Gasteiger partial charge in [-0.25, -0.2) is 4.98 Å². The fourth-order valence-corrected chi connectivity index (χ4v) is 1.85. The minimum absolute atomic E-state index is 0.579. The summed E-state index contributed by atoms with van der Waals surface area (Å²) in [6.07, 6.45) is 4.25. The van der Waals surface area contributed by atoms with E-state index in [-0.39, 0.29) is 0 Å². The molecule has 15 heavy (non-hydrogen) atoms. The summed E-state index contributed by atoms with van der Waals surface area (Å²) in [5.41, 5.74) is 0.966. The smallest absolute Gasteiger partial charge is 0.237 e. The van der Waals surface area contributed by atoms with Gasteiger partial charge in [-0.2, -0.15) is 0 Å². The Balaban J connectivity index is 1.91. The van der Waals surface area contributed by atoms with Crippen molar-refractivity contribution in [2.45, 2.75) is 18.9 Å². The van der Waals surface area contributed by atoms with Gasteiger partial charge in [0.25, 0.3) is 0 Å². The molecule has 0 radical (unpaired) electrons. The summed E-state index contributed by atoms with van der Waals surface area (Å²) < 4.78 is 5.17. The summed E-state index contributed by atoms with van der Waals surface area (Å²) in [4.78, 5) is 4.14. The Morgan fingerprint density at radius 3 is 3.33 bits per heavy atom. The van der Waals surface area contributed by atoms with Crippen LogP contribution in [0.2, 0.25) is 0 Å². The Bertz CT molecular complexity index is 310. The molecular weight excluding hydrogens is 190 g/mol. The van der Waals surface area contributed by atoms with E-state index in [9.17, 15) is 0 Å². The summed E-state index contributed by atoms with van der Waals surface area (Å²) in [5, 5.41) is 6.80.